The molecule has 6 nitrogen and oxygen atoms in total. The number of carbonyl (C=O) groups excluding carboxylic acids is 2. The number of H-pyrrole nitrogens is 1. The largest absolute Gasteiger partial charge is 0.349 e. The average Bonchev–Trinajstić information content (AvgIpc) is 3.12. The molecule has 1 aliphatic carbocycles. The summed E-state index contributed by atoms with van der Waals surface area (Å²) < 4.78 is 0. The van der Waals surface area contributed by atoms with Crippen LogP contribution in [0.3, 0.4) is 0 Å². The van der Waals surface area contributed by atoms with Crippen LogP contribution in [0, 0.1) is 11.3 Å². The van der Waals surface area contributed by atoms with Crippen molar-refractivity contribution in [1.29, 1.82) is 0 Å². The summed E-state index contributed by atoms with van der Waals surface area (Å²) in [6.07, 6.45) is 4.46. The van der Waals surface area contributed by atoms with Gasteiger partial charge in [0.25, 0.3) is 5.91 Å². The average molecular weight is 346 g/mol. The van der Waals surface area contributed by atoms with E-state index in [9.17, 15) is 9.59 Å². The number of nitrogens with one attached hydrogen (secondary N) is 2. The second-order valence-corrected chi connectivity index (χ2v) is 8.96. The molecule has 0 radical (unpaired) electrons. The first-order valence-electron chi connectivity index (χ1n) is 9.27. The van der Waals surface area contributed by atoms with Crippen molar-refractivity contribution >= 4 is 11.8 Å². The molecule has 138 valence electrons. The maximum atomic E-state index is 12.9. The van der Waals surface area contributed by atoms with E-state index in [2.05, 4.69) is 29.4 Å². The lowest BCUT2D eigenvalue weighted by Gasteiger charge is -2.44. The quantitative estimate of drug-likeness (QED) is 0.880. The summed E-state index contributed by atoms with van der Waals surface area (Å²) in [6.45, 7) is 11.6. The van der Waals surface area contributed by atoms with E-state index in [0.717, 1.165) is 25.0 Å². The Morgan fingerprint density at radius 1 is 1.32 bits per heavy atom. The molecular weight excluding hydrogens is 316 g/mol. The fourth-order valence-corrected chi connectivity index (χ4v) is 4.05. The molecule has 1 aromatic rings. The van der Waals surface area contributed by atoms with Crippen molar-refractivity contribution in [2.24, 2.45) is 11.3 Å². The van der Waals surface area contributed by atoms with E-state index >= 15 is 0 Å². The minimum atomic E-state index is -0.347. The first-order chi connectivity index (χ1) is 11.6. The van der Waals surface area contributed by atoms with Crippen LogP contribution in [-0.4, -0.2) is 45.5 Å². The Bertz CT molecular complexity index is 679. The third-order valence-electron chi connectivity index (χ3n) is 6.00. The number of amides is 2. The number of hydrogen-bond donors (Lipinski definition) is 2. The monoisotopic (exact) mass is 346 g/mol. The predicted octanol–water partition coefficient (Wildman–Crippen LogP) is 2.69. The smallest absolute Gasteiger partial charge is 0.257 e. The van der Waals surface area contributed by atoms with Gasteiger partial charge in [0.05, 0.1) is 23.0 Å². The maximum Gasteiger partial charge on any atom is 0.257 e. The standard InChI is InChI=1S/C19H30N4O2/c1-12(2)15-13(10-20-22-15)17(25)23-9-8-19(5,11-23)21-16(24)14-6-7-18(14,3)4/h10,12,14H,6-9,11H2,1-5H3,(H,20,22)(H,21,24). The van der Waals surface area contributed by atoms with Gasteiger partial charge in [0.2, 0.25) is 5.91 Å². The Labute approximate surface area is 149 Å². The van der Waals surface area contributed by atoms with E-state index < -0.39 is 0 Å². The highest BCUT2D eigenvalue weighted by Crippen LogP contribution is 2.46. The summed E-state index contributed by atoms with van der Waals surface area (Å²) in [5.74, 6) is 0.449. The van der Waals surface area contributed by atoms with Gasteiger partial charge in [0, 0.05) is 19.0 Å². The zero-order valence-electron chi connectivity index (χ0n) is 16.0. The summed E-state index contributed by atoms with van der Waals surface area (Å²) in [4.78, 5) is 27.3. The SMILES string of the molecule is CC(C)c1[nH]ncc1C(=O)N1CCC(C)(NC(=O)C2CCC2(C)C)C1. The molecule has 0 aromatic carbocycles. The molecule has 3 rings (SSSR count). The van der Waals surface area contributed by atoms with Gasteiger partial charge < -0.3 is 10.2 Å². The van der Waals surface area contributed by atoms with Gasteiger partial charge in [0.15, 0.2) is 0 Å². The summed E-state index contributed by atoms with van der Waals surface area (Å²) in [5.41, 5.74) is 1.27. The van der Waals surface area contributed by atoms with Crippen molar-refractivity contribution in [3.05, 3.63) is 17.5 Å². The lowest BCUT2D eigenvalue weighted by atomic mass is 9.62. The number of rotatable bonds is 4. The number of likely N-dealkylation sites (tertiary alicyclic amines) is 1. The third kappa shape index (κ3) is 3.31. The molecule has 2 aliphatic rings. The third-order valence-corrected chi connectivity index (χ3v) is 6.00. The second-order valence-electron chi connectivity index (χ2n) is 8.96. The molecule has 0 bridgehead atoms. The Kier molecular flexibility index (Phi) is 4.41. The molecule has 2 heterocycles. The minimum absolute atomic E-state index is 0.000557. The summed E-state index contributed by atoms with van der Waals surface area (Å²) in [5, 5.41) is 10.2. The Hall–Kier alpha value is -1.85. The molecule has 2 atom stereocenters. The molecule has 25 heavy (non-hydrogen) atoms. The van der Waals surface area contributed by atoms with Crippen molar-refractivity contribution < 1.29 is 9.59 Å². The molecule has 1 aliphatic heterocycles. The number of hydrogen-bond acceptors (Lipinski definition) is 3. The van der Waals surface area contributed by atoms with Crippen LogP contribution in [0.25, 0.3) is 0 Å². The van der Waals surface area contributed by atoms with Gasteiger partial charge in [-0.3, -0.25) is 14.7 Å². The van der Waals surface area contributed by atoms with Crippen LogP contribution in [0.2, 0.25) is 0 Å². The van der Waals surface area contributed by atoms with Gasteiger partial charge >= 0.3 is 0 Å². The summed E-state index contributed by atoms with van der Waals surface area (Å²) >= 11 is 0. The van der Waals surface area contributed by atoms with Crippen LogP contribution < -0.4 is 5.32 Å². The zero-order chi connectivity index (χ0) is 18.4. The number of carbonyl (C=O) groups is 2. The van der Waals surface area contributed by atoms with Gasteiger partial charge in [-0.1, -0.05) is 27.7 Å². The van der Waals surface area contributed by atoms with Crippen LogP contribution in [0.15, 0.2) is 6.20 Å². The Balaban J connectivity index is 1.65. The van der Waals surface area contributed by atoms with Crippen LogP contribution in [0.1, 0.15) is 75.9 Å². The topological polar surface area (TPSA) is 78.1 Å². The van der Waals surface area contributed by atoms with E-state index in [1.165, 1.54) is 0 Å². The van der Waals surface area contributed by atoms with Crippen LogP contribution in [0.5, 0.6) is 0 Å². The van der Waals surface area contributed by atoms with Crippen LogP contribution in [0.4, 0.5) is 0 Å². The van der Waals surface area contributed by atoms with Crippen molar-refractivity contribution in [2.75, 3.05) is 13.1 Å². The molecule has 2 amide bonds. The second kappa shape index (κ2) is 6.15. The van der Waals surface area contributed by atoms with E-state index in [1.54, 1.807) is 6.20 Å². The predicted molar refractivity (Wildman–Crippen MR) is 96.2 cm³/mol. The summed E-state index contributed by atoms with van der Waals surface area (Å²) in [7, 11) is 0. The molecule has 2 unspecified atom stereocenters. The van der Waals surface area contributed by atoms with E-state index in [1.807, 2.05) is 25.7 Å². The Morgan fingerprint density at radius 2 is 2.04 bits per heavy atom. The molecule has 1 saturated heterocycles. The van der Waals surface area contributed by atoms with Crippen LogP contribution in [-0.2, 0) is 4.79 Å². The molecule has 1 saturated carbocycles. The Morgan fingerprint density at radius 3 is 2.60 bits per heavy atom. The van der Waals surface area contributed by atoms with Crippen LogP contribution >= 0.6 is 0 Å². The highest BCUT2D eigenvalue weighted by molar-refractivity contribution is 5.95. The highest BCUT2D eigenvalue weighted by Gasteiger charge is 2.46. The fraction of sp³-hybridized carbons (Fsp3) is 0.737. The van der Waals surface area contributed by atoms with E-state index in [-0.39, 0.29) is 34.6 Å². The molecular formula is C19H30N4O2. The number of nitrogens with zero attached hydrogens (tertiary/aromatic N) is 2. The molecule has 1 aromatic heterocycles. The minimum Gasteiger partial charge on any atom is -0.349 e. The van der Waals surface area contributed by atoms with Crippen molar-refractivity contribution in [3.63, 3.8) is 0 Å². The lowest BCUT2D eigenvalue weighted by Crippen LogP contribution is -2.54. The normalized spacial score (nSPS) is 28.1. The van der Waals surface area contributed by atoms with Gasteiger partial charge in [-0.2, -0.15) is 5.10 Å². The molecule has 2 N–H and O–H groups in total. The van der Waals surface area contributed by atoms with Gasteiger partial charge in [-0.25, -0.2) is 0 Å². The number of aromatic amines is 1. The number of aromatic nitrogens is 2. The molecule has 6 heteroatoms. The van der Waals surface area contributed by atoms with Gasteiger partial charge in [0.1, 0.15) is 0 Å². The molecule has 2 fully saturated rings. The van der Waals surface area contributed by atoms with E-state index in [0.29, 0.717) is 18.7 Å². The lowest BCUT2D eigenvalue weighted by molar-refractivity contribution is -0.136. The zero-order valence-corrected chi connectivity index (χ0v) is 16.0. The van der Waals surface area contributed by atoms with Crippen molar-refractivity contribution in [1.82, 2.24) is 20.4 Å². The highest BCUT2D eigenvalue weighted by atomic mass is 16.2. The van der Waals surface area contributed by atoms with Crippen molar-refractivity contribution in [2.45, 2.75) is 65.3 Å². The van der Waals surface area contributed by atoms with Crippen molar-refractivity contribution in [3.8, 4) is 0 Å². The maximum absolute atomic E-state index is 12.9. The van der Waals surface area contributed by atoms with E-state index in [4.69, 9.17) is 0 Å². The molecule has 0 spiro atoms. The summed E-state index contributed by atoms with van der Waals surface area (Å²) in [6, 6.07) is 0. The first kappa shape index (κ1) is 18.0. The fourth-order valence-electron chi connectivity index (χ4n) is 4.05. The van der Waals surface area contributed by atoms with Gasteiger partial charge in [-0.05, 0) is 37.5 Å². The van der Waals surface area contributed by atoms with Gasteiger partial charge in [-0.15, -0.1) is 0 Å². The first-order valence-corrected chi connectivity index (χ1v) is 9.27.